The van der Waals surface area contributed by atoms with E-state index in [0.29, 0.717) is 6.10 Å². The lowest BCUT2D eigenvalue weighted by Crippen LogP contribution is -2.19. The van der Waals surface area contributed by atoms with Crippen molar-refractivity contribution in [2.24, 2.45) is 0 Å². The Kier molecular flexibility index (Phi) is 3.06. The van der Waals surface area contributed by atoms with Crippen molar-refractivity contribution >= 4 is 0 Å². The second-order valence-corrected chi connectivity index (χ2v) is 3.52. The van der Waals surface area contributed by atoms with Crippen LogP contribution in [0.4, 0.5) is 0 Å². The fourth-order valence-electron chi connectivity index (χ4n) is 1.62. The number of hydrogen-bond donors (Lipinski definition) is 1. The molecular weight excluding hydrogens is 178 g/mol. The first kappa shape index (κ1) is 9.55. The molecule has 1 saturated heterocycles. The predicted octanol–water partition coefficient (Wildman–Crippen LogP) is 0.916. The Balaban J connectivity index is 1.92. The molecule has 4 heteroatoms. The summed E-state index contributed by atoms with van der Waals surface area (Å²) in [6.07, 6.45) is 6.58. The van der Waals surface area contributed by atoms with E-state index in [9.17, 15) is 0 Å². The molecule has 0 aliphatic carbocycles. The molecule has 1 aromatic heterocycles. The molecule has 1 aliphatic heterocycles. The highest BCUT2D eigenvalue weighted by Gasteiger charge is 2.18. The van der Waals surface area contributed by atoms with Gasteiger partial charge in [-0.15, -0.1) is 0 Å². The van der Waals surface area contributed by atoms with E-state index in [-0.39, 0.29) is 6.10 Å². The first-order valence-corrected chi connectivity index (χ1v) is 4.98. The summed E-state index contributed by atoms with van der Waals surface area (Å²) in [6, 6.07) is 0. The van der Waals surface area contributed by atoms with Crippen molar-refractivity contribution in [3.8, 4) is 0 Å². The maximum Gasteiger partial charge on any atom is 0.0986 e. The smallest absolute Gasteiger partial charge is 0.0986 e. The Morgan fingerprint density at radius 3 is 3.14 bits per heavy atom. The lowest BCUT2D eigenvalue weighted by atomic mass is 10.2. The third kappa shape index (κ3) is 2.27. The van der Waals surface area contributed by atoms with E-state index < -0.39 is 0 Å². The van der Waals surface area contributed by atoms with Gasteiger partial charge in [0.05, 0.1) is 24.1 Å². The van der Waals surface area contributed by atoms with Crippen molar-refractivity contribution in [2.75, 3.05) is 13.1 Å². The number of ether oxygens (including phenoxy) is 1. The van der Waals surface area contributed by atoms with Gasteiger partial charge in [-0.05, 0) is 19.9 Å². The minimum absolute atomic E-state index is 0.0357. The highest BCUT2D eigenvalue weighted by Crippen LogP contribution is 2.17. The third-order valence-electron chi connectivity index (χ3n) is 2.41. The largest absolute Gasteiger partial charge is 0.368 e. The molecule has 2 atom stereocenters. The van der Waals surface area contributed by atoms with Gasteiger partial charge in [-0.2, -0.15) is 0 Å². The first-order chi connectivity index (χ1) is 6.86. The van der Waals surface area contributed by atoms with Crippen LogP contribution < -0.4 is 5.32 Å². The number of nitrogens with zero attached hydrogens (tertiary/aromatic N) is 2. The van der Waals surface area contributed by atoms with Crippen molar-refractivity contribution in [1.29, 1.82) is 0 Å². The summed E-state index contributed by atoms with van der Waals surface area (Å²) in [7, 11) is 0. The van der Waals surface area contributed by atoms with E-state index in [1.807, 2.05) is 6.92 Å². The Morgan fingerprint density at radius 1 is 1.57 bits per heavy atom. The Morgan fingerprint density at radius 2 is 2.50 bits per heavy atom. The topological polar surface area (TPSA) is 47.0 Å². The van der Waals surface area contributed by atoms with Gasteiger partial charge in [0.2, 0.25) is 0 Å². The predicted molar refractivity (Wildman–Crippen MR) is 52.8 cm³/mol. The molecule has 0 amide bonds. The molecule has 1 aliphatic rings. The van der Waals surface area contributed by atoms with Crippen molar-refractivity contribution in [3.63, 3.8) is 0 Å². The molecule has 1 fully saturated rings. The van der Waals surface area contributed by atoms with Crippen molar-refractivity contribution in [2.45, 2.75) is 25.6 Å². The normalized spacial score (nSPS) is 23.6. The molecular formula is C10H15N3O. The van der Waals surface area contributed by atoms with Crippen LogP contribution in [-0.4, -0.2) is 29.2 Å². The average Bonchev–Trinajstić information content (AvgIpc) is 2.72. The molecule has 14 heavy (non-hydrogen) atoms. The molecule has 0 bridgehead atoms. The lowest BCUT2D eigenvalue weighted by molar-refractivity contribution is 0.00582. The maximum atomic E-state index is 5.83. The Bertz CT molecular complexity index is 272. The zero-order valence-electron chi connectivity index (χ0n) is 8.31. The van der Waals surface area contributed by atoms with Crippen LogP contribution in [0.15, 0.2) is 18.6 Å². The quantitative estimate of drug-likeness (QED) is 0.775. The Hall–Kier alpha value is -1.00. The maximum absolute atomic E-state index is 5.83. The number of rotatable bonds is 3. The molecule has 0 spiro atoms. The highest BCUT2D eigenvalue weighted by atomic mass is 16.5. The van der Waals surface area contributed by atoms with E-state index in [1.54, 1.807) is 18.6 Å². The number of aromatic nitrogens is 2. The van der Waals surface area contributed by atoms with E-state index >= 15 is 0 Å². The van der Waals surface area contributed by atoms with Gasteiger partial charge in [0.15, 0.2) is 0 Å². The van der Waals surface area contributed by atoms with Crippen LogP contribution in [0.3, 0.4) is 0 Å². The van der Waals surface area contributed by atoms with Crippen LogP contribution in [0.5, 0.6) is 0 Å². The monoisotopic (exact) mass is 193 g/mol. The summed E-state index contributed by atoms with van der Waals surface area (Å²) >= 11 is 0. The van der Waals surface area contributed by atoms with E-state index in [1.165, 1.54) is 0 Å². The summed E-state index contributed by atoms with van der Waals surface area (Å²) in [5, 5.41) is 3.27. The molecule has 2 heterocycles. The van der Waals surface area contributed by atoms with Gasteiger partial charge in [0, 0.05) is 18.9 Å². The third-order valence-corrected chi connectivity index (χ3v) is 2.41. The van der Waals surface area contributed by atoms with Gasteiger partial charge in [-0.25, -0.2) is 0 Å². The SMILES string of the molecule is C[C@H](O[C@@H]1CCNC1)c1cnccn1. The molecule has 0 aromatic carbocycles. The molecule has 2 rings (SSSR count). The standard InChI is InChI=1S/C10H15N3O/c1-8(10-7-12-4-5-13-10)14-9-2-3-11-6-9/h4-5,7-9,11H,2-3,6H2,1H3/t8-,9+/m0/s1. The molecule has 0 saturated carbocycles. The summed E-state index contributed by atoms with van der Waals surface area (Å²) in [6.45, 7) is 4.02. The molecule has 76 valence electrons. The minimum atomic E-state index is 0.0357. The van der Waals surface area contributed by atoms with Crippen molar-refractivity contribution in [1.82, 2.24) is 15.3 Å². The fraction of sp³-hybridized carbons (Fsp3) is 0.600. The van der Waals surface area contributed by atoms with Crippen LogP contribution in [0.25, 0.3) is 0 Å². The van der Waals surface area contributed by atoms with Crippen LogP contribution >= 0.6 is 0 Å². The molecule has 1 aromatic rings. The van der Waals surface area contributed by atoms with E-state index in [2.05, 4.69) is 15.3 Å². The molecule has 0 unspecified atom stereocenters. The van der Waals surface area contributed by atoms with Crippen molar-refractivity contribution in [3.05, 3.63) is 24.3 Å². The lowest BCUT2D eigenvalue weighted by Gasteiger charge is -2.16. The Labute approximate surface area is 83.7 Å². The second-order valence-electron chi connectivity index (χ2n) is 3.52. The first-order valence-electron chi connectivity index (χ1n) is 4.98. The average molecular weight is 193 g/mol. The van der Waals surface area contributed by atoms with Gasteiger partial charge in [-0.1, -0.05) is 0 Å². The van der Waals surface area contributed by atoms with Crippen molar-refractivity contribution < 1.29 is 4.74 Å². The molecule has 1 N–H and O–H groups in total. The fourth-order valence-corrected chi connectivity index (χ4v) is 1.62. The van der Waals surface area contributed by atoms with Gasteiger partial charge >= 0.3 is 0 Å². The van der Waals surface area contributed by atoms with Crippen LogP contribution in [0, 0.1) is 0 Å². The summed E-state index contributed by atoms with van der Waals surface area (Å²) in [5.74, 6) is 0. The van der Waals surface area contributed by atoms with Crippen LogP contribution in [-0.2, 0) is 4.74 Å². The second kappa shape index (κ2) is 4.48. The van der Waals surface area contributed by atoms with Gasteiger partial charge < -0.3 is 10.1 Å². The summed E-state index contributed by atoms with van der Waals surface area (Å²) < 4.78 is 5.83. The van der Waals surface area contributed by atoms with E-state index in [4.69, 9.17) is 4.74 Å². The number of nitrogens with one attached hydrogen (secondary N) is 1. The highest BCUT2D eigenvalue weighted by molar-refractivity contribution is 4.98. The van der Waals surface area contributed by atoms with Gasteiger partial charge in [0.1, 0.15) is 0 Å². The zero-order valence-corrected chi connectivity index (χ0v) is 8.31. The number of hydrogen-bond acceptors (Lipinski definition) is 4. The van der Waals surface area contributed by atoms with Crippen LogP contribution in [0.2, 0.25) is 0 Å². The molecule has 0 radical (unpaired) electrons. The zero-order chi connectivity index (χ0) is 9.80. The van der Waals surface area contributed by atoms with Gasteiger partial charge in [-0.3, -0.25) is 9.97 Å². The van der Waals surface area contributed by atoms with Gasteiger partial charge in [0.25, 0.3) is 0 Å². The molecule has 4 nitrogen and oxygen atoms in total. The van der Waals surface area contributed by atoms with E-state index in [0.717, 1.165) is 25.2 Å². The van der Waals surface area contributed by atoms with Crippen LogP contribution in [0.1, 0.15) is 25.1 Å². The summed E-state index contributed by atoms with van der Waals surface area (Å²) in [5.41, 5.74) is 0.902. The minimum Gasteiger partial charge on any atom is -0.368 e. The summed E-state index contributed by atoms with van der Waals surface area (Å²) in [4.78, 5) is 8.24.